The van der Waals surface area contributed by atoms with Gasteiger partial charge < -0.3 is 5.73 Å². The quantitative estimate of drug-likeness (QED) is 0.652. The first-order chi connectivity index (χ1) is 6.29. The van der Waals surface area contributed by atoms with Gasteiger partial charge in [0.1, 0.15) is 0 Å². The van der Waals surface area contributed by atoms with Gasteiger partial charge in [-0.05, 0) is 48.4 Å². The predicted molar refractivity (Wildman–Crippen MR) is 56.7 cm³/mol. The minimum atomic E-state index is 0.884. The Kier molecular flexibility index (Phi) is 2.26. The van der Waals surface area contributed by atoms with Gasteiger partial charge in [0.05, 0.1) is 0 Å². The molecular weight excluding hydrogens is 158 g/mol. The maximum absolute atomic E-state index is 5.77. The van der Waals surface area contributed by atoms with E-state index >= 15 is 0 Å². The minimum absolute atomic E-state index is 0.884. The topological polar surface area (TPSA) is 26.0 Å². The van der Waals surface area contributed by atoms with Crippen molar-refractivity contribution < 1.29 is 0 Å². The smallest absolute Gasteiger partial charge is 0.0316 e. The zero-order valence-corrected chi connectivity index (χ0v) is 8.22. The third kappa shape index (κ3) is 1.69. The highest BCUT2D eigenvalue weighted by molar-refractivity contribution is 5.45. The van der Waals surface area contributed by atoms with Crippen LogP contribution >= 0.6 is 0 Å². The molecule has 2 rings (SSSR count). The first-order valence-corrected chi connectivity index (χ1v) is 5.17. The summed E-state index contributed by atoms with van der Waals surface area (Å²) in [7, 11) is 0. The van der Waals surface area contributed by atoms with Crippen molar-refractivity contribution in [3.8, 4) is 0 Å². The highest BCUT2D eigenvalue weighted by Crippen LogP contribution is 2.28. The number of benzene rings is 1. The zero-order valence-electron chi connectivity index (χ0n) is 8.22. The van der Waals surface area contributed by atoms with E-state index in [-0.39, 0.29) is 0 Å². The lowest BCUT2D eigenvalue weighted by molar-refractivity contribution is 0.445. The molecule has 0 saturated carbocycles. The lowest BCUT2D eigenvalue weighted by Crippen LogP contribution is -2.13. The standard InChI is InChI=1S/C12H17N/c1-2-9-3-4-10-5-6-12(13)8-11(10)7-9/h5-6,8-9H,2-4,7,13H2,1H3. The van der Waals surface area contributed by atoms with E-state index in [2.05, 4.69) is 19.1 Å². The van der Waals surface area contributed by atoms with Crippen molar-refractivity contribution in [2.24, 2.45) is 5.92 Å². The second-order valence-electron chi connectivity index (χ2n) is 4.05. The van der Waals surface area contributed by atoms with Crippen molar-refractivity contribution in [2.45, 2.75) is 32.6 Å². The van der Waals surface area contributed by atoms with Gasteiger partial charge >= 0.3 is 0 Å². The van der Waals surface area contributed by atoms with E-state index in [0.717, 1.165) is 11.6 Å². The van der Waals surface area contributed by atoms with E-state index in [4.69, 9.17) is 5.73 Å². The molecule has 1 aromatic carbocycles. The lowest BCUT2D eigenvalue weighted by Gasteiger charge is -2.23. The Labute approximate surface area is 80.0 Å². The normalized spacial score (nSPS) is 21.2. The summed E-state index contributed by atoms with van der Waals surface area (Å²) in [6.45, 7) is 2.28. The maximum atomic E-state index is 5.77. The van der Waals surface area contributed by atoms with Crippen LogP contribution in [-0.2, 0) is 12.8 Å². The number of aryl methyl sites for hydroxylation is 1. The Morgan fingerprint density at radius 2 is 2.23 bits per heavy atom. The molecule has 0 aromatic heterocycles. The molecule has 1 nitrogen and oxygen atoms in total. The van der Waals surface area contributed by atoms with Gasteiger partial charge in [0, 0.05) is 5.69 Å². The van der Waals surface area contributed by atoms with E-state index in [1.807, 2.05) is 6.07 Å². The van der Waals surface area contributed by atoms with E-state index in [1.165, 1.54) is 36.8 Å². The van der Waals surface area contributed by atoms with Gasteiger partial charge in [0.2, 0.25) is 0 Å². The molecule has 0 amide bonds. The largest absolute Gasteiger partial charge is 0.399 e. The van der Waals surface area contributed by atoms with Crippen LogP contribution in [0.15, 0.2) is 18.2 Å². The van der Waals surface area contributed by atoms with Crippen LogP contribution in [0, 0.1) is 5.92 Å². The van der Waals surface area contributed by atoms with Crippen molar-refractivity contribution in [2.75, 3.05) is 5.73 Å². The van der Waals surface area contributed by atoms with Crippen LogP contribution in [-0.4, -0.2) is 0 Å². The van der Waals surface area contributed by atoms with E-state index in [9.17, 15) is 0 Å². The van der Waals surface area contributed by atoms with Crippen LogP contribution in [0.4, 0.5) is 5.69 Å². The Bertz CT molecular complexity index is 304. The number of fused-ring (bicyclic) bond motifs is 1. The van der Waals surface area contributed by atoms with Crippen molar-refractivity contribution in [1.82, 2.24) is 0 Å². The summed E-state index contributed by atoms with van der Waals surface area (Å²) in [4.78, 5) is 0. The van der Waals surface area contributed by atoms with E-state index in [1.54, 1.807) is 0 Å². The van der Waals surface area contributed by atoms with Crippen molar-refractivity contribution >= 4 is 5.69 Å². The van der Waals surface area contributed by atoms with Gasteiger partial charge in [0.15, 0.2) is 0 Å². The van der Waals surface area contributed by atoms with Crippen molar-refractivity contribution in [1.29, 1.82) is 0 Å². The Balaban J connectivity index is 2.27. The van der Waals surface area contributed by atoms with Gasteiger partial charge in [-0.15, -0.1) is 0 Å². The van der Waals surface area contributed by atoms with Crippen molar-refractivity contribution in [3.05, 3.63) is 29.3 Å². The molecular formula is C12H17N. The molecule has 0 bridgehead atoms. The monoisotopic (exact) mass is 175 g/mol. The molecule has 0 saturated heterocycles. The molecule has 0 spiro atoms. The zero-order chi connectivity index (χ0) is 9.26. The number of nitrogens with two attached hydrogens (primary N) is 1. The molecule has 0 fully saturated rings. The van der Waals surface area contributed by atoms with E-state index in [0.29, 0.717) is 0 Å². The predicted octanol–water partition coefficient (Wildman–Crippen LogP) is 2.78. The summed E-state index contributed by atoms with van der Waals surface area (Å²) >= 11 is 0. The van der Waals surface area contributed by atoms with Gasteiger partial charge in [-0.3, -0.25) is 0 Å². The molecule has 13 heavy (non-hydrogen) atoms. The fraction of sp³-hybridized carbons (Fsp3) is 0.500. The number of anilines is 1. The number of hydrogen-bond donors (Lipinski definition) is 1. The fourth-order valence-corrected chi connectivity index (χ4v) is 2.20. The number of nitrogen functional groups attached to an aromatic ring is 1. The summed E-state index contributed by atoms with van der Waals surface area (Å²) < 4.78 is 0. The molecule has 1 unspecified atom stereocenters. The highest BCUT2D eigenvalue weighted by Gasteiger charge is 2.16. The molecule has 1 heteroatoms. The van der Waals surface area contributed by atoms with Gasteiger partial charge in [-0.1, -0.05) is 19.4 Å². The maximum Gasteiger partial charge on any atom is 0.0316 e. The molecule has 70 valence electrons. The molecule has 1 aliphatic rings. The van der Waals surface area contributed by atoms with Crippen molar-refractivity contribution in [3.63, 3.8) is 0 Å². The second kappa shape index (κ2) is 3.41. The third-order valence-corrected chi connectivity index (χ3v) is 3.14. The minimum Gasteiger partial charge on any atom is -0.399 e. The molecule has 1 aromatic rings. The summed E-state index contributed by atoms with van der Waals surface area (Å²) in [5.74, 6) is 0.884. The summed E-state index contributed by atoms with van der Waals surface area (Å²) in [6, 6.07) is 6.36. The average molecular weight is 175 g/mol. The van der Waals surface area contributed by atoms with E-state index < -0.39 is 0 Å². The second-order valence-corrected chi connectivity index (χ2v) is 4.05. The molecule has 1 aliphatic carbocycles. The van der Waals surface area contributed by atoms with Crippen LogP contribution < -0.4 is 5.73 Å². The lowest BCUT2D eigenvalue weighted by atomic mass is 9.82. The van der Waals surface area contributed by atoms with Crippen LogP contribution in [0.3, 0.4) is 0 Å². The first kappa shape index (κ1) is 8.61. The molecule has 0 aliphatic heterocycles. The Hall–Kier alpha value is -0.980. The van der Waals surface area contributed by atoms with Crippen LogP contribution in [0.1, 0.15) is 30.9 Å². The Morgan fingerprint density at radius 1 is 1.38 bits per heavy atom. The SMILES string of the molecule is CCC1CCc2ccc(N)cc2C1. The first-order valence-electron chi connectivity index (χ1n) is 5.17. The average Bonchev–Trinajstić information content (AvgIpc) is 2.16. The van der Waals surface area contributed by atoms with Gasteiger partial charge in [-0.25, -0.2) is 0 Å². The molecule has 1 atom stereocenters. The third-order valence-electron chi connectivity index (χ3n) is 3.14. The number of hydrogen-bond acceptors (Lipinski definition) is 1. The molecule has 0 radical (unpaired) electrons. The van der Waals surface area contributed by atoms with Crippen LogP contribution in [0.2, 0.25) is 0 Å². The summed E-state index contributed by atoms with van der Waals surface area (Å²) in [6.07, 6.45) is 5.13. The number of rotatable bonds is 1. The fourth-order valence-electron chi connectivity index (χ4n) is 2.20. The molecule has 2 N–H and O–H groups in total. The highest BCUT2D eigenvalue weighted by atomic mass is 14.5. The molecule has 0 heterocycles. The van der Waals surface area contributed by atoms with Crippen LogP contribution in [0.5, 0.6) is 0 Å². The van der Waals surface area contributed by atoms with Gasteiger partial charge in [-0.2, -0.15) is 0 Å². The Morgan fingerprint density at radius 3 is 3.00 bits per heavy atom. The van der Waals surface area contributed by atoms with Crippen LogP contribution in [0.25, 0.3) is 0 Å². The summed E-state index contributed by atoms with van der Waals surface area (Å²) in [5.41, 5.74) is 9.68. The summed E-state index contributed by atoms with van der Waals surface area (Å²) in [5, 5.41) is 0. The van der Waals surface area contributed by atoms with Gasteiger partial charge in [0.25, 0.3) is 0 Å².